The van der Waals surface area contributed by atoms with Gasteiger partial charge in [-0.3, -0.25) is 9.59 Å². The van der Waals surface area contributed by atoms with E-state index in [0.717, 1.165) is 0 Å². The summed E-state index contributed by atoms with van der Waals surface area (Å²) in [6, 6.07) is 12.2. The molecule has 150 valence electrons. The molecular formula is C22H23N3O4. The quantitative estimate of drug-likeness (QED) is 0.460. The van der Waals surface area contributed by atoms with Crippen molar-refractivity contribution >= 4 is 28.3 Å². The number of nitriles is 1. The number of likely N-dealkylation sites (tertiary alicyclic amines) is 1. The number of hydrogen-bond acceptors (Lipinski definition) is 6. The van der Waals surface area contributed by atoms with Crippen molar-refractivity contribution in [2.24, 2.45) is 5.92 Å². The van der Waals surface area contributed by atoms with E-state index in [0.29, 0.717) is 49.0 Å². The van der Waals surface area contributed by atoms with Crippen LogP contribution in [0.3, 0.4) is 0 Å². The standard InChI is InChI=1S/C22H23N3O4/c1-2-29-22(28)15-9-11-25(12-10-15)14-16(13-23)21(27)24-19-7-3-6-18-17(19)5-4-8-20(18)26/h3-8,14-15,26H,2,9-12H2,1H3,(H,24,27)/b16-14-. The molecule has 1 fully saturated rings. The molecule has 0 unspecified atom stereocenters. The number of aromatic hydroxyl groups is 1. The van der Waals surface area contributed by atoms with Gasteiger partial charge in [0, 0.05) is 35.7 Å². The smallest absolute Gasteiger partial charge is 0.309 e. The van der Waals surface area contributed by atoms with Gasteiger partial charge in [-0.05, 0) is 31.9 Å². The summed E-state index contributed by atoms with van der Waals surface area (Å²) in [5.41, 5.74) is 0.502. The van der Waals surface area contributed by atoms with Crippen LogP contribution in [0.4, 0.5) is 5.69 Å². The van der Waals surface area contributed by atoms with Crippen molar-refractivity contribution in [2.75, 3.05) is 25.0 Å². The Labute approximate surface area is 169 Å². The van der Waals surface area contributed by atoms with E-state index in [9.17, 15) is 20.0 Å². The summed E-state index contributed by atoms with van der Waals surface area (Å²) in [7, 11) is 0. The van der Waals surface area contributed by atoms with Crippen molar-refractivity contribution in [3.8, 4) is 11.8 Å². The molecule has 1 saturated heterocycles. The first-order valence-electron chi connectivity index (χ1n) is 9.58. The van der Waals surface area contributed by atoms with E-state index in [2.05, 4.69) is 5.32 Å². The summed E-state index contributed by atoms with van der Waals surface area (Å²) in [6.07, 6.45) is 2.79. The van der Waals surface area contributed by atoms with Gasteiger partial charge in [-0.25, -0.2) is 0 Å². The summed E-state index contributed by atoms with van der Waals surface area (Å²) in [5.74, 6) is -0.717. The number of esters is 1. The SMILES string of the molecule is CCOC(=O)C1CCN(/C=C(/C#N)C(=O)Nc2cccc3c(O)cccc23)CC1. The molecule has 7 heteroatoms. The zero-order chi connectivity index (χ0) is 20.8. The Bertz CT molecular complexity index is 985. The lowest BCUT2D eigenvalue weighted by molar-refractivity contribution is -0.149. The predicted octanol–water partition coefficient (Wildman–Crippen LogP) is 3.17. The summed E-state index contributed by atoms with van der Waals surface area (Å²) in [6.45, 7) is 3.29. The highest BCUT2D eigenvalue weighted by atomic mass is 16.5. The summed E-state index contributed by atoms with van der Waals surface area (Å²) in [4.78, 5) is 26.4. The minimum atomic E-state index is -0.518. The molecule has 2 N–H and O–H groups in total. The number of rotatable bonds is 5. The lowest BCUT2D eigenvalue weighted by Gasteiger charge is -2.30. The monoisotopic (exact) mass is 393 g/mol. The van der Waals surface area contributed by atoms with Crippen LogP contribution in [0.15, 0.2) is 48.2 Å². The highest BCUT2D eigenvalue weighted by Gasteiger charge is 2.25. The van der Waals surface area contributed by atoms with Crippen molar-refractivity contribution in [1.82, 2.24) is 4.90 Å². The molecule has 0 aromatic heterocycles. The number of carbonyl (C=O) groups excluding carboxylic acids is 2. The van der Waals surface area contributed by atoms with Crippen LogP contribution in [0, 0.1) is 17.2 Å². The molecule has 3 rings (SSSR count). The topological polar surface area (TPSA) is 103 Å². The van der Waals surface area contributed by atoms with Gasteiger partial charge in [-0.1, -0.05) is 24.3 Å². The lowest BCUT2D eigenvalue weighted by atomic mass is 9.97. The zero-order valence-electron chi connectivity index (χ0n) is 16.2. The van der Waals surface area contributed by atoms with Gasteiger partial charge >= 0.3 is 5.97 Å². The minimum Gasteiger partial charge on any atom is -0.507 e. The summed E-state index contributed by atoms with van der Waals surface area (Å²) >= 11 is 0. The molecule has 1 aliphatic rings. The number of amides is 1. The Morgan fingerprint density at radius 2 is 1.93 bits per heavy atom. The number of anilines is 1. The third kappa shape index (κ3) is 4.66. The second-order valence-corrected chi connectivity index (χ2v) is 6.85. The molecule has 0 saturated carbocycles. The summed E-state index contributed by atoms with van der Waals surface area (Å²) < 4.78 is 5.06. The maximum Gasteiger partial charge on any atom is 0.309 e. The molecule has 1 amide bonds. The first-order chi connectivity index (χ1) is 14.0. The van der Waals surface area contributed by atoms with Crippen LogP contribution >= 0.6 is 0 Å². The Balaban J connectivity index is 1.70. The average molecular weight is 393 g/mol. The first kappa shape index (κ1) is 20.2. The van der Waals surface area contributed by atoms with Gasteiger partial charge in [0.2, 0.25) is 0 Å². The third-order valence-corrected chi connectivity index (χ3v) is 4.97. The van der Waals surface area contributed by atoms with Crippen LogP contribution in [0.5, 0.6) is 5.75 Å². The molecule has 0 spiro atoms. The predicted molar refractivity (Wildman–Crippen MR) is 109 cm³/mol. The normalized spacial score (nSPS) is 15.0. The van der Waals surface area contributed by atoms with Crippen molar-refractivity contribution in [3.05, 3.63) is 48.2 Å². The molecule has 29 heavy (non-hydrogen) atoms. The van der Waals surface area contributed by atoms with Gasteiger partial charge in [-0.15, -0.1) is 0 Å². The van der Waals surface area contributed by atoms with Gasteiger partial charge in [0.1, 0.15) is 17.4 Å². The van der Waals surface area contributed by atoms with Gasteiger partial charge in [0.15, 0.2) is 0 Å². The Kier molecular flexibility index (Phi) is 6.35. The number of ether oxygens (including phenoxy) is 1. The van der Waals surface area contributed by atoms with Gasteiger partial charge in [0.25, 0.3) is 5.91 Å². The highest BCUT2D eigenvalue weighted by molar-refractivity contribution is 6.11. The Hall–Kier alpha value is -3.53. The largest absolute Gasteiger partial charge is 0.507 e. The fraction of sp³-hybridized carbons (Fsp3) is 0.318. The number of nitrogens with zero attached hydrogens (tertiary/aromatic N) is 2. The second kappa shape index (κ2) is 9.11. The van der Waals surface area contributed by atoms with Gasteiger partial charge in [0.05, 0.1) is 12.5 Å². The van der Waals surface area contributed by atoms with E-state index >= 15 is 0 Å². The molecule has 2 aromatic carbocycles. The maximum atomic E-state index is 12.6. The molecule has 1 aliphatic heterocycles. The van der Waals surface area contributed by atoms with Crippen molar-refractivity contribution in [2.45, 2.75) is 19.8 Å². The average Bonchev–Trinajstić information content (AvgIpc) is 2.73. The number of nitrogens with one attached hydrogen (secondary N) is 1. The number of piperidine rings is 1. The number of hydrogen-bond donors (Lipinski definition) is 2. The van der Waals surface area contributed by atoms with Crippen molar-refractivity contribution in [1.29, 1.82) is 5.26 Å². The molecule has 7 nitrogen and oxygen atoms in total. The Morgan fingerprint density at radius 3 is 2.62 bits per heavy atom. The molecule has 2 aromatic rings. The van der Waals surface area contributed by atoms with Crippen LogP contribution in [-0.2, 0) is 14.3 Å². The fourth-order valence-electron chi connectivity index (χ4n) is 3.44. The van der Waals surface area contributed by atoms with E-state index in [4.69, 9.17) is 4.74 Å². The van der Waals surface area contributed by atoms with Crippen molar-refractivity contribution < 1.29 is 19.4 Å². The van der Waals surface area contributed by atoms with E-state index in [1.807, 2.05) is 11.0 Å². The van der Waals surface area contributed by atoms with Gasteiger partial charge in [-0.2, -0.15) is 5.26 Å². The number of fused-ring (bicyclic) bond motifs is 1. The highest BCUT2D eigenvalue weighted by Crippen LogP contribution is 2.30. The summed E-state index contributed by atoms with van der Waals surface area (Å²) in [5, 5.41) is 23.5. The van der Waals surface area contributed by atoms with E-state index in [1.165, 1.54) is 0 Å². The number of carbonyl (C=O) groups is 2. The molecule has 0 atom stereocenters. The molecule has 1 heterocycles. The molecule has 0 bridgehead atoms. The van der Waals surface area contributed by atoms with Crippen LogP contribution in [-0.4, -0.2) is 41.6 Å². The lowest BCUT2D eigenvalue weighted by Crippen LogP contribution is -2.34. The minimum absolute atomic E-state index is 0.0169. The van der Waals surface area contributed by atoms with E-state index in [1.54, 1.807) is 49.5 Å². The molecule has 0 aliphatic carbocycles. The van der Waals surface area contributed by atoms with E-state index in [-0.39, 0.29) is 23.2 Å². The number of phenols is 1. The van der Waals surface area contributed by atoms with Crippen LogP contribution in [0.1, 0.15) is 19.8 Å². The molecule has 0 radical (unpaired) electrons. The van der Waals surface area contributed by atoms with Gasteiger partial charge < -0.3 is 20.1 Å². The van der Waals surface area contributed by atoms with Crippen LogP contribution < -0.4 is 5.32 Å². The first-order valence-corrected chi connectivity index (χ1v) is 9.58. The van der Waals surface area contributed by atoms with E-state index < -0.39 is 5.91 Å². The molecular weight excluding hydrogens is 370 g/mol. The number of benzene rings is 2. The third-order valence-electron chi connectivity index (χ3n) is 4.97. The van der Waals surface area contributed by atoms with Crippen LogP contribution in [0.25, 0.3) is 10.8 Å². The maximum absolute atomic E-state index is 12.6. The fourth-order valence-corrected chi connectivity index (χ4v) is 3.44. The second-order valence-electron chi connectivity index (χ2n) is 6.85. The van der Waals surface area contributed by atoms with Crippen molar-refractivity contribution in [3.63, 3.8) is 0 Å². The zero-order valence-corrected chi connectivity index (χ0v) is 16.2. The Morgan fingerprint density at radius 1 is 1.24 bits per heavy atom. The van der Waals surface area contributed by atoms with Crippen LogP contribution in [0.2, 0.25) is 0 Å². The number of phenolic OH excluding ortho intramolecular Hbond substituents is 1.